The maximum absolute atomic E-state index is 16.0. The van der Waals surface area contributed by atoms with Gasteiger partial charge in [0.15, 0.2) is 11.5 Å². The molecule has 0 aliphatic carbocycles. The molecule has 5 rings (SSSR count). The number of hydrogen-bond donors (Lipinski definition) is 1. The van der Waals surface area contributed by atoms with Crippen molar-refractivity contribution in [1.82, 2.24) is 29.4 Å². The van der Waals surface area contributed by atoms with Gasteiger partial charge in [0.2, 0.25) is 5.91 Å². The van der Waals surface area contributed by atoms with Crippen LogP contribution in [0.15, 0.2) is 48.0 Å². The van der Waals surface area contributed by atoms with Gasteiger partial charge < -0.3 is 14.9 Å². The summed E-state index contributed by atoms with van der Waals surface area (Å²) in [6.07, 6.45) is 2.70. The number of halogens is 2. The average molecular weight is 604 g/mol. The van der Waals surface area contributed by atoms with Gasteiger partial charge in [0, 0.05) is 25.2 Å². The Morgan fingerprint density at radius 2 is 1.64 bits per heavy atom. The van der Waals surface area contributed by atoms with Crippen LogP contribution in [0.2, 0.25) is 0 Å². The van der Waals surface area contributed by atoms with Gasteiger partial charge in [-0.3, -0.25) is 4.79 Å². The Balaban J connectivity index is 1.87. The van der Waals surface area contributed by atoms with Crippen molar-refractivity contribution in [2.75, 3.05) is 18.0 Å². The molecule has 1 amide bonds. The highest BCUT2D eigenvalue weighted by Crippen LogP contribution is 2.37. The second kappa shape index (κ2) is 11.7. The number of rotatable bonds is 6. The lowest BCUT2D eigenvalue weighted by molar-refractivity contribution is -0.130. The molecule has 230 valence electrons. The molecule has 0 radical (unpaired) electrons. The van der Waals surface area contributed by atoms with Gasteiger partial charge in [-0.2, -0.15) is 4.98 Å². The van der Waals surface area contributed by atoms with Crippen molar-refractivity contribution < 1.29 is 18.7 Å². The third kappa shape index (κ3) is 5.18. The number of hydrogen-bond acceptors (Lipinski definition) is 8. The maximum atomic E-state index is 16.0. The van der Waals surface area contributed by atoms with Gasteiger partial charge in [0.1, 0.15) is 29.4 Å². The zero-order valence-corrected chi connectivity index (χ0v) is 25.5. The number of carbonyl (C=O) groups is 1. The molecule has 2 atom stereocenters. The highest BCUT2D eigenvalue weighted by atomic mass is 19.1. The van der Waals surface area contributed by atoms with E-state index in [1.165, 1.54) is 29.1 Å². The number of amides is 1. The van der Waals surface area contributed by atoms with E-state index in [0.717, 1.165) is 12.1 Å². The first kappa shape index (κ1) is 30.7. The van der Waals surface area contributed by atoms with Gasteiger partial charge in [-0.05, 0) is 50.0 Å². The van der Waals surface area contributed by atoms with E-state index in [4.69, 9.17) is 0 Å². The Labute approximate surface area is 253 Å². The fraction of sp³-hybridized carbons (Fsp3) is 0.375. The van der Waals surface area contributed by atoms with Gasteiger partial charge in [0.25, 0.3) is 0 Å². The van der Waals surface area contributed by atoms with E-state index in [-0.39, 0.29) is 46.7 Å². The van der Waals surface area contributed by atoms with Crippen molar-refractivity contribution in [3.63, 3.8) is 0 Å². The molecule has 10 nitrogen and oxygen atoms in total. The number of fused-ring (bicyclic) bond motifs is 1. The molecule has 0 saturated carbocycles. The first-order chi connectivity index (χ1) is 20.8. The molecule has 0 bridgehead atoms. The lowest BCUT2D eigenvalue weighted by Gasteiger charge is -2.44. The van der Waals surface area contributed by atoms with Gasteiger partial charge in [-0.15, -0.1) is 0 Å². The minimum atomic E-state index is -0.912. The second-order valence-corrected chi connectivity index (χ2v) is 11.7. The number of benzene rings is 1. The van der Waals surface area contributed by atoms with Crippen LogP contribution in [0.3, 0.4) is 0 Å². The molecular formula is C32H35F2N7O3. The lowest BCUT2D eigenvalue weighted by atomic mass is 10.0. The molecule has 4 aromatic rings. The van der Waals surface area contributed by atoms with E-state index in [1.807, 2.05) is 46.4 Å². The summed E-state index contributed by atoms with van der Waals surface area (Å²) in [4.78, 5) is 48.2. The number of phenolic OH excluding ortho intramolecular Hbond substituents is 1. The SMILES string of the molecule is C=CC(=O)N1[C@H](C)CN(c2nc(=O)n(-c3c(C(C)C)ncnc3C(C)C)c3nc(-c4c(O)cccc4F)c(F)cc23)C[C@@H]1C. The number of nitrogens with zero attached hydrogens (tertiary/aromatic N) is 7. The highest BCUT2D eigenvalue weighted by molar-refractivity contribution is 5.91. The third-order valence-corrected chi connectivity index (χ3v) is 7.87. The average Bonchev–Trinajstić information content (AvgIpc) is 2.96. The largest absolute Gasteiger partial charge is 0.507 e. The number of carbonyl (C=O) groups excluding carboxylic acids is 1. The monoisotopic (exact) mass is 603 g/mol. The summed E-state index contributed by atoms with van der Waals surface area (Å²) in [6.45, 7) is 15.6. The number of aromatic hydroxyl groups is 1. The summed E-state index contributed by atoms with van der Waals surface area (Å²) in [7, 11) is 0. The van der Waals surface area contributed by atoms with Gasteiger partial charge in [-0.1, -0.05) is 40.3 Å². The van der Waals surface area contributed by atoms with Crippen molar-refractivity contribution >= 4 is 22.8 Å². The van der Waals surface area contributed by atoms with E-state index in [2.05, 4.69) is 26.5 Å². The molecule has 4 heterocycles. The Kier molecular flexibility index (Phi) is 8.19. The van der Waals surface area contributed by atoms with E-state index in [0.29, 0.717) is 30.2 Å². The molecule has 0 spiro atoms. The number of phenols is 1. The molecule has 1 aromatic carbocycles. The molecule has 1 aliphatic heterocycles. The summed E-state index contributed by atoms with van der Waals surface area (Å²) in [5, 5.41) is 10.7. The lowest BCUT2D eigenvalue weighted by Crippen LogP contribution is -2.58. The van der Waals surface area contributed by atoms with Crippen LogP contribution in [0.5, 0.6) is 5.75 Å². The second-order valence-electron chi connectivity index (χ2n) is 11.7. The number of piperazine rings is 1. The molecule has 1 saturated heterocycles. The van der Waals surface area contributed by atoms with E-state index in [9.17, 15) is 14.7 Å². The minimum Gasteiger partial charge on any atom is -0.507 e. The molecule has 1 fully saturated rings. The summed E-state index contributed by atoms with van der Waals surface area (Å²) >= 11 is 0. The number of pyridine rings is 1. The summed E-state index contributed by atoms with van der Waals surface area (Å²) in [5.74, 6) is -2.61. The van der Waals surface area contributed by atoms with Crippen molar-refractivity contribution in [3.8, 4) is 22.7 Å². The van der Waals surface area contributed by atoms with Crippen molar-refractivity contribution in [3.05, 3.63) is 76.8 Å². The fourth-order valence-corrected chi connectivity index (χ4v) is 5.99. The van der Waals surface area contributed by atoms with Crippen LogP contribution in [0.25, 0.3) is 28.0 Å². The van der Waals surface area contributed by atoms with Crippen LogP contribution in [0.1, 0.15) is 64.8 Å². The standard InChI is InChI=1S/C32H35F2N7O3/c1-8-24(43)40-18(6)13-39(14-19(40)7)30-20-12-22(34)28(25-21(33)10-9-11-23(25)42)37-31(20)41(32(44)38-30)29-26(16(2)3)35-15-36-27(29)17(4)5/h8-12,15-19,42H,1,13-14H2,2-7H3/t18-,19+. The predicted molar refractivity (Wildman–Crippen MR) is 164 cm³/mol. The molecule has 12 heteroatoms. The van der Waals surface area contributed by atoms with E-state index < -0.39 is 34.3 Å². The van der Waals surface area contributed by atoms with Crippen molar-refractivity contribution in [1.29, 1.82) is 0 Å². The van der Waals surface area contributed by atoms with Crippen LogP contribution < -0.4 is 10.6 Å². The molecule has 1 aliphatic rings. The van der Waals surface area contributed by atoms with E-state index in [1.54, 1.807) is 4.90 Å². The molecular weight excluding hydrogens is 568 g/mol. The smallest absolute Gasteiger partial charge is 0.355 e. The van der Waals surface area contributed by atoms with Gasteiger partial charge in [0.05, 0.1) is 28.0 Å². The first-order valence-corrected chi connectivity index (χ1v) is 14.5. The van der Waals surface area contributed by atoms with Crippen LogP contribution in [0.4, 0.5) is 14.6 Å². The number of aromatic nitrogens is 5. The first-order valence-electron chi connectivity index (χ1n) is 14.5. The Morgan fingerprint density at radius 3 is 2.18 bits per heavy atom. The molecule has 0 unspecified atom stereocenters. The molecule has 1 N–H and O–H groups in total. The van der Waals surface area contributed by atoms with Crippen LogP contribution in [-0.4, -0.2) is 65.6 Å². The summed E-state index contributed by atoms with van der Waals surface area (Å²) < 4.78 is 32.3. The fourth-order valence-electron chi connectivity index (χ4n) is 5.99. The quantitative estimate of drug-likeness (QED) is 0.303. The summed E-state index contributed by atoms with van der Waals surface area (Å²) in [6, 6.07) is 4.23. The van der Waals surface area contributed by atoms with Gasteiger partial charge in [-0.25, -0.2) is 33.1 Å². The minimum absolute atomic E-state index is 0.00237. The van der Waals surface area contributed by atoms with Crippen molar-refractivity contribution in [2.24, 2.45) is 0 Å². The Hall–Kier alpha value is -4.74. The van der Waals surface area contributed by atoms with Crippen molar-refractivity contribution in [2.45, 2.75) is 65.5 Å². The normalized spacial score (nSPS) is 17.1. The Morgan fingerprint density at radius 1 is 1.02 bits per heavy atom. The Bertz CT molecular complexity index is 1780. The third-order valence-electron chi connectivity index (χ3n) is 7.87. The zero-order chi connectivity index (χ0) is 32.0. The van der Waals surface area contributed by atoms with Crippen LogP contribution in [0, 0.1) is 11.6 Å². The molecule has 44 heavy (non-hydrogen) atoms. The summed E-state index contributed by atoms with van der Waals surface area (Å²) in [5.41, 5.74) is -0.112. The highest BCUT2D eigenvalue weighted by Gasteiger charge is 2.34. The van der Waals surface area contributed by atoms with Crippen LogP contribution in [-0.2, 0) is 4.79 Å². The maximum Gasteiger partial charge on any atom is 0.355 e. The van der Waals surface area contributed by atoms with E-state index >= 15 is 8.78 Å². The topological polar surface area (TPSA) is 117 Å². The molecule has 3 aromatic heterocycles. The van der Waals surface area contributed by atoms with Crippen LogP contribution >= 0.6 is 0 Å². The zero-order valence-electron chi connectivity index (χ0n) is 25.5. The van der Waals surface area contributed by atoms with Gasteiger partial charge >= 0.3 is 5.69 Å². The number of anilines is 1. The predicted octanol–water partition coefficient (Wildman–Crippen LogP) is 5.08.